The van der Waals surface area contributed by atoms with Crippen molar-refractivity contribution in [2.75, 3.05) is 6.61 Å². The fraction of sp³-hybridized carbons (Fsp3) is 0.259. The van der Waals surface area contributed by atoms with Gasteiger partial charge in [0.25, 0.3) is 0 Å². The van der Waals surface area contributed by atoms with Gasteiger partial charge in [0.15, 0.2) is 0 Å². The highest BCUT2D eigenvalue weighted by atomic mass is 79.9. The molecule has 1 aliphatic carbocycles. The third-order valence-corrected chi connectivity index (χ3v) is 6.99. The van der Waals surface area contributed by atoms with Crippen molar-refractivity contribution < 1.29 is 19.1 Å². The minimum atomic E-state index is -0.400. The minimum absolute atomic E-state index is 0.0805. The first-order chi connectivity index (χ1) is 15.9. The van der Waals surface area contributed by atoms with Crippen LogP contribution in [0.5, 0.6) is 5.75 Å². The Morgan fingerprint density at radius 1 is 0.848 bits per heavy atom. The van der Waals surface area contributed by atoms with Gasteiger partial charge in [0.05, 0.1) is 17.7 Å². The molecule has 0 aliphatic heterocycles. The van der Waals surface area contributed by atoms with Crippen LogP contribution in [-0.2, 0) is 17.6 Å². The molecule has 0 bridgehead atoms. The van der Waals surface area contributed by atoms with Gasteiger partial charge < -0.3 is 9.47 Å². The van der Waals surface area contributed by atoms with Crippen LogP contribution in [0.1, 0.15) is 63.1 Å². The highest BCUT2D eigenvalue weighted by molar-refractivity contribution is 9.10. The SMILES string of the molecule is CC[C@H](COC(=O)c1ccc(Br)cc1)c1cc2c(cc1OC(=O)c1ccc(Br)cc1)CCC2. The van der Waals surface area contributed by atoms with E-state index in [0.717, 1.165) is 40.2 Å². The molecule has 0 saturated carbocycles. The number of hydrogen-bond donors (Lipinski definition) is 0. The van der Waals surface area contributed by atoms with E-state index in [0.29, 0.717) is 16.9 Å². The van der Waals surface area contributed by atoms with Crippen LogP contribution in [0.3, 0.4) is 0 Å². The summed E-state index contributed by atoms with van der Waals surface area (Å²) in [5, 5.41) is 0. The van der Waals surface area contributed by atoms with Gasteiger partial charge in [-0.25, -0.2) is 9.59 Å². The summed E-state index contributed by atoms with van der Waals surface area (Å²) < 4.78 is 13.3. The van der Waals surface area contributed by atoms with E-state index in [2.05, 4.69) is 37.9 Å². The molecular weight excluding hydrogens is 548 g/mol. The van der Waals surface area contributed by atoms with Gasteiger partial charge in [-0.15, -0.1) is 0 Å². The monoisotopic (exact) mass is 570 g/mol. The van der Waals surface area contributed by atoms with Crippen LogP contribution < -0.4 is 4.74 Å². The van der Waals surface area contributed by atoms with Gasteiger partial charge >= 0.3 is 11.9 Å². The largest absolute Gasteiger partial charge is 0.461 e. The number of carbonyl (C=O) groups is 2. The lowest BCUT2D eigenvalue weighted by atomic mass is 9.93. The normalized spacial score (nSPS) is 13.3. The summed E-state index contributed by atoms with van der Waals surface area (Å²) in [6, 6.07) is 18.3. The topological polar surface area (TPSA) is 52.6 Å². The molecule has 0 saturated heterocycles. The number of fused-ring (bicyclic) bond motifs is 1. The van der Waals surface area contributed by atoms with Gasteiger partial charge in [-0.2, -0.15) is 0 Å². The Labute approximate surface area is 210 Å². The molecule has 1 atom stereocenters. The van der Waals surface area contributed by atoms with Gasteiger partial charge in [-0.05, 0) is 91.4 Å². The Balaban J connectivity index is 1.56. The number of halogens is 2. The first-order valence-corrected chi connectivity index (χ1v) is 12.6. The minimum Gasteiger partial charge on any atom is -0.461 e. The van der Waals surface area contributed by atoms with Gasteiger partial charge in [0, 0.05) is 20.4 Å². The van der Waals surface area contributed by atoms with Crippen molar-refractivity contribution in [2.24, 2.45) is 0 Å². The molecule has 0 amide bonds. The summed E-state index contributed by atoms with van der Waals surface area (Å²) in [6.45, 7) is 2.26. The lowest BCUT2D eigenvalue weighted by Crippen LogP contribution is -2.16. The summed E-state index contributed by atoms with van der Waals surface area (Å²) in [4.78, 5) is 25.4. The molecule has 4 nitrogen and oxygen atoms in total. The summed E-state index contributed by atoms with van der Waals surface area (Å²) in [5.74, 6) is -0.294. The van der Waals surface area contributed by atoms with Crippen LogP contribution in [-0.4, -0.2) is 18.5 Å². The number of carbonyl (C=O) groups excluding carboxylic acids is 2. The van der Waals surface area contributed by atoms with E-state index in [1.807, 2.05) is 37.3 Å². The zero-order valence-electron chi connectivity index (χ0n) is 18.3. The smallest absolute Gasteiger partial charge is 0.343 e. The molecule has 170 valence electrons. The van der Waals surface area contributed by atoms with Crippen molar-refractivity contribution in [2.45, 2.75) is 38.5 Å². The molecule has 0 unspecified atom stereocenters. The van der Waals surface area contributed by atoms with E-state index in [1.54, 1.807) is 24.3 Å². The molecule has 4 rings (SSSR count). The predicted octanol–water partition coefficient (Wildman–Crippen LogP) is 7.27. The van der Waals surface area contributed by atoms with Crippen molar-refractivity contribution in [1.82, 2.24) is 0 Å². The molecule has 3 aromatic carbocycles. The van der Waals surface area contributed by atoms with E-state index in [1.165, 1.54) is 11.1 Å². The van der Waals surface area contributed by atoms with Crippen LogP contribution in [0.15, 0.2) is 69.6 Å². The van der Waals surface area contributed by atoms with E-state index in [9.17, 15) is 9.59 Å². The molecule has 0 radical (unpaired) electrons. The van der Waals surface area contributed by atoms with Crippen molar-refractivity contribution in [1.29, 1.82) is 0 Å². The summed E-state index contributed by atoms with van der Waals surface area (Å²) in [6.07, 6.45) is 3.83. The number of aryl methyl sites for hydroxylation is 2. The lowest BCUT2D eigenvalue weighted by molar-refractivity contribution is 0.0473. The van der Waals surface area contributed by atoms with E-state index < -0.39 is 5.97 Å². The molecular formula is C27H24Br2O4. The van der Waals surface area contributed by atoms with Crippen molar-refractivity contribution in [3.8, 4) is 5.75 Å². The Morgan fingerprint density at radius 3 is 1.97 bits per heavy atom. The number of hydrogen-bond acceptors (Lipinski definition) is 4. The van der Waals surface area contributed by atoms with Gasteiger partial charge in [-0.3, -0.25) is 0 Å². The summed E-state index contributed by atoms with van der Waals surface area (Å²) in [5.41, 5.74) is 4.40. The second-order valence-corrected chi connectivity index (χ2v) is 9.95. The summed E-state index contributed by atoms with van der Waals surface area (Å²) in [7, 11) is 0. The third kappa shape index (κ3) is 5.74. The van der Waals surface area contributed by atoms with E-state index in [-0.39, 0.29) is 18.5 Å². The molecule has 0 fully saturated rings. The number of ether oxygens (including phenoxy) is 2. The second kappa shape index (κ2) is 10.7. The standard InChI is InChI=1S/C27H24Br2O4/c1-2-17(16-32-26(30)18-6-10-22(28)11-7-18)24-14-20-4-3-5-21(20)15-25(24)33-27(31)19-8-12-23(29)13-9-19/h6-15,17H,2-5,16H2,1H3/t17-/m1/s1. The molecule has 0 spiro atoms. The Bertz CT molecular complexity index is 1150. The molecule has 1 aliphatic rings. The fourth-order valence-electron chi connectivity index (χ4n) is 4.05. The molecule has 0 N–H and O–H groups in total. The quantitative estimate of drug-likeness (QED) is 0.221. The van der Waals surface area contributed by atoms with Crippen molar-refractivity contribution in [3.63, 3.8) is 0 Å². The Kier molecular flexibility index (Phi) is 7.66. The maximum absolute atomic E-state index is 12.8. The third-order valence-electron chi connectivity index (χ3n) is 5.94. The van der Waals surface area contributed by atoms with Crippen molar-refractivity contribution >= 4 is 43.8 Å². The first-order valence-electron chi connectivity index (χ1n) is 11.0. The Hall–Kier alpha value is -2.44. The molecule has 0 heterocycles. The fourth-order valence-corrected chi connectivity index (χ4v) is 4.57. The van der Waals surface area contributed by atoms with E-state index in [4.69, 9.17) is 9.47 Å². The van der Waals surface area contributed by atoms with Crippen LogP contribution >= 0.6 is 31.9 Å². The second-order valence-electron chi connectivity index (χ2n) is 8.12. The maximum atomic E-state index is 12.8. The average Bonchev–Trinajstić information content (AvgIpc) is 3.27. The maximum Gasteiger partial charge on any atom is 0.343 e. The van der Waals surface area contributed by atoms with Crippen molar-refractivity contribution in [3.05, 3.63) is 97.4 Å². The van der Waals surface area contributed by atoms with Crippen LogP contribution in [0, 0.1) is 0 Å². The molecule has 0 aromatic heterocycles. The molecule has 6 heteroatoms. The zero-order chi connectivity index (χ0) is 23.4. The van der Waals surface area contributed by atoms with Crippen LogP contribution in [0.4, 0.5) is 0 Å². The Morgan fingerprint density at radius 2 is 1.39 bits per heavy atom. The van der Waals surface area contributed by atoms with Gasteiger partial charge in [0.1, 0.15) is 5.75 Å². The van der Waals surface area contributed by atoms with Gasteiger partial charge in [-0.1, -0.05) is 44.8 Å². The highest BCUT2D eigenvalue weighted by Gasteiger charge is 2.24. The lowest BCUT2D eigenvalue weighted by Gasteiger charge is -2.20. The van der Waals surface area contributed by atoms with E-state index >= 15 is 0 Å². The molecule has 3 aromatic rings. The molecule has 33 heavy (non-hydrogen) atoms. The predicted molar refractivity (Wildman–Crippen MR) is 135 cm³/mol. The van der Waals surface area contributed by atoms with Crippen LogP contribution in [0.25, 0.3) is 0 Å². The first kappa shape index (κ1) is 23.7. The summed E-state index contributed by atoms with van der Waals surface area (Å²) >= 11 is 6.76. The zero-order valence-corrected chi connectivity index (χ0v) is 21.4. The number of esters is 2. The van der Waals surface area contributed by atoms with Crippen LogP contribution in [0.2, 0.25) is 0 Å². The number of rotatable bonds is 7. The van der Waals surface area contributed by atoms with Gasteiger partial charge in [0.2, 0.25) is 0 Å². The average molecular weight is 572 g/mol. The highest BCUT2D eigenvalue weighted by Crippen LogP contribution is 2.36. The number of benzene rings is 3.